The van der Waals surface area contributed by atoms with Gasteiger partial charge in [-0.1, -0.05) is 10.7 Å². The molecule has 8 nitrogen and oxygen atoms in total. The summed E-state index contributed by atoms with van der Waals surface area (Å²) in [6, 6.07) is 4.99. The van der Waals surface area contributed by atoms with Gasteiger partial charge in [-0.15, -0.1) is 0 Å². The van der Waals surface area contributed by atoms with Crippen LogP contribution in [0.3, 0.4) is 0 Å². The van der Waals surface area contributed by atoms with E-state index in [0.717, 1.165) is 21.4 Å². The third-order valence-electron chi connectivity index (χ3n) is 7.81. The molecule has 210 valence electrons. The van der Waals surface area contributed by atoms with Crippen LogP contribution in [0.2, 0.25) is 0 Å². The summed E-state index contributed by atoms with van der Waals surface area (Å²) < 4.78 is 37.2. The van der Waals surface area contributed by atoms with Crippen LogP contribution in [0.15, 0.2) is 48.0 Å². The highest BCUT2D eigenvalue weighted by Crippen LogP contribution is 2.31. The molecule has 1 N–H and O–H groups in total. The van der Waals surface area contributed by atoms with Crippen LogP contribution in [-0.4, -0.2) is 76.7 Å². The molecule has 4 heterocycles. The number of aryl methyl sites for hydroxylation is 1. The number of nitrogens with one attached hydrogen (secondary N) is 1. The number of fused-ring (bicyclic) bond motifs is 1. The Labute approximate surface area is 236 Å². The predicted molar refractivity (Wildman–Crippen MR) is 153 cm³/mol. The predicted octanol–water partition coefficient (Wildman–Crippen LogP) is 1.24. The molecular weight excluding hydrogens is 526 g/mol. The van der Waals surface area contributed by atoms with E-state index in [1.807, 2.05) is 30.7 Å². The van der Waals surface area contributed by atoms with Gasteiger partial charge < -0.3 is 10.2 Å². The zero-order valence-corrected chi connectivity index (χ0v) is 24.0. The average molecular weight is 559 g/mol. The Kier molecular flexibility index (Phi) is 7.35. The van der Waals surface area contributed by atoms with Gasteiger partial charge in [0.25, 0.3) is 17.4 Å². The molecule has 2 amide bonds. The molecule has 0 bridgehead atoms. The molecule has 0 radical (unpaired) electrons. The number of benzene rings is 1. The van der Waals surface area contributed by atoms with Crippen LogP contribution in [0, 0.1) is 12.7 Å². The highest BCUT2D eigenvalue weighted by molar-refractivity contribution is 5.95. The Bertz CT molecular complexity index is 1820. The maximum atomic E-state index is 15.2. The number of carbonyl (C=O) groups is 2. The lowest BCUT2D eigenvalue weighted by Crippen LogP contribution is -2.38. The lowest BCUT2D eigenvalue weighted by molar-refractivity contribution is -0.347. The highest BCUT2D eigenvalue weighted by atomic mass is 19.1. The van der Waals surface area contributed by atoms with Gasteiger partial charge in [-0.3, -0.25) is 9.69 Å². The van der Waals surface area contributed by atoms with Crippen LogP contribution >= 0.6 is 0 Å². The van der Waals surface area contributed by atoms with E-state index in [0.29, 0.717) is 47.0 Å². The molecule has 41 heavy (non-hydrogen) atoms. The largest absolute Gasteiger partial charge is 0.429 e. The van der Waals surface area contributed by atoms with Crippen molar-refractivity contribution in [2.45, 2.75) is 26.3 Å². The van der Waals surface area contributed by atoms with Crippen LogP contribution in [0.5, 0.6) is 0 Å². The number of hydrogen-bond acceptors (Lipinski definition) is 4. The SMILES string of the molecule is CNC1=CC(=O)[N+](C2=c3cc([C@H](C)N4CC=C(c5c(C)cc(C(=O)N(C)C)cc5F)CC4)n(C)c3=[N+]=C=C2)=C=C1F. The van der Waals surface area contributed by atoms with Gasteiger partial charge >= 0.3 is 11.4 Å². The number of likely N-dealkylation sites (N-methyl/N-ethyl adjacent to an activating group) is 1. The zero-order chi connectivity index (χ0) is 29.6. The van der Waals surface area contributed by atoms with Crippen LogP contribution in [-0.2, 0) is 11.8 Å². The Hall–Kier alpha value is -4.58. The van der Waals surface area contributed by atoms with Crippen molar-refractivity contribution in [3.63, 3.8) is 0 Å². The van der Waals surface area contributed by atoms with Gasteiger partial charge in [0.2, 0.25) is 5.87 Å². The quantitative estimate of drug-likeness (QED) is 0.428. The maximum absolute atomic E-state index is 15.2. The summed E-state index contributed by atoms with van der Waals surface area (Å²) >= 11 is 0. The van der Waals surface area contributed by atoms with E-state index in [1.54, 1.807) is 33.3 Å². The Morgan fingerprint density at radius 3 is 2.63 bits per heavy atom. The van der Waals surface area contributed by atoms with Gasteiger partial charge in [-0.25, -0.2) is 13.8 Å². The summed E-state index contributed by atoms with van der Waals surface area (Å²) in [7, 11) is 6.73. The van der Waals surface area contributed by atoms with Crippen molar-refractivity contribution >= 4 is 34.8 Å². The van der Waals surface area contributed by atoms with Gasteiger partial charge in [0, 0.05) is 51.4 Å². The van der Waals surface area contributed by atoms with Crippen LogP contribution in [0.4, 0.5) is 8.78 Å². The second-order valence-electron chi connectivity index (χ2n) is 10.5. The number of carbonyl (C=O) groups excluding carboxylic acids is 2. The highest BCUT2D eigenvalue weighted by Gasteiger charge is 2.33. The van der Waals surface area contributed by atoms with Crippen LogP contribution in [0.25, 0.3) is 11.3 Å². The van der Waals surface area contributed by atoms with Gasteiger partial charge in [-0.2, -0.15) is 9.06 Å². The average Bonchev–Trinajstić information content (AvgIpc) is 3.29. The first kappa shape index (κ1) is 28.0. The molecule has 0 unspecified atom stereocenters. The normalized spacial score (nSPS) is 17.3. The van der Waals surface area contributed by atoms with Crippen molar-refractivity contribution in [1.29, 1.82) is 0 Å². The third kappa shape index (κ3) is 4.95. The van der Waals surface area contributed by atoms with Gasteiger partial charge in [0.05, 0.1) is 24.9 Å². The van der Waals surface area contributed by atoms with E-state index in [2.05, 4.69) is 33.5 Å². The summed E-state index contributed by atoms with van der Waals surface area (Å²) in [4.78, 5) is 28.8. The van der Waals surface area contributed by atoms with Crippen molar-refractivity contribution in [1.82, 2.24) is 24.4 Å². The van der Waals surface area contributed by atoms with Gasteiger partial charge in [-0.05, 0) is 43.5 Å². The fourth-order valence-corrected chi connectivity index (χ4v) is 5.56. The topological polar surface area (TPSA) is 74.7 Å². The first-order chi connectivity index (χ1) is 19.5. The van der Waals surface area contributed by atoms with E-state index in [4.69, 9.17) is 0 Å². The van der Waals surface area contributed by atoms with Crippen molar-refractivity contribution in [2.24, 2.45) is 7.05 Å². The lowest BCUT2D eigenvalue weighted by Gasteiger charge is -2.31. The monoisotopic (exact) mass is 558 g/mol. The lowest BCUT2D eigenvalue weighted by atomic mass is 9.92. The molecule has 1 aromatic heterocycles. The molecule has 3 aliphatic heterocycles. The summed E-state index contributed by atoms with van der Waals surface area (Å²) in [5.74, 6) is 3.64. The van der Waals surface area contributed by atoms with Gasteiger partial charge in [0.1, 0.15) is 17.6 Å². The van der Waals surface area contributed by atoms with E-state index in [1.165, 1.54) is 17.0 Å². The van der Waals surface area contributed by atoms with Crippen molar-refractivity contribution in [2.75, 3.05) is 34.2 Å². The second kappa shape index (κ2) is 10.8. The number of halogens is 2. The number of nitrogens with zero attached hydrogens (tertiary/aromatic N) is 5. The molecule has 2 aromatic rings. The standard InChI is InChI=1S/C31H31F2N6O2/c1-18-13-21(31(41)36(4)5)14-23(32)29(18)20-8-11-38(12-9-20)19(2)27-15-22-26(7-10-35-30(22)37(27)6)39-17-24(33)25(34-3)16-28(39)40/h7-8,13-16,19H,9,11-12H2,1-6H3/q+1/p+1/t19-/m0/s1. The van der Waals surface area contributed by atoms with E-state index in [9.17, 15) is 14.0 Å². The first-order valence-corrected chi connectivity index (χ1v) is 13.4. The number of rotatable bonds is 6. The molecule has 0 aliphatic carbocycles. The second-order valence-corrected chi connectivity index (χ2v) is 10.5. The third-order valence-corrected chi connectivity index (χ3v) is 7.81. The molecule has 0 fully saturated rings. The summed E-state index contributed by atoms with van der Waals surface area (Å²) in [5.41, 5.74) is 4.64. The number of aromatic nitrogens is 1. The zero-order valence-electron chi connectivity index (χ0n) is 24.0. The van der Waals surface area contributed by atoms with Crippen molar-refractivity contribution in [3.05, 3.63) is 86.9 Å². The molecule has 5 rings (SSSR count). The van der Waals surface area contributed by atoms with Gasteiger partial charge in [0.15, 0.2) is 11.1 Å². The number of amides is 2. The van der Waals surface area contributed by atoms with Crippen LogP contribution < -0.4 is 20.7 Å². The summed E-state index contributed by atoms with van der Waals surface area (Å²) in [6.07, 6.45) is 5.43. The van der Waals surface area contributed by atoms with Crippen molar-refractivity contribution < 1.29 is 22.9 Å². The molecule has 0 saturated heterocycles. The molecule has 3 aliphatic rings. The minimum atomic E-state index is -0.664. The minimum absolute atomic E-state index is 0.0324. The molecule has 0 spiro atoms. The Morgan fingerprint density at radius 1 is 1.24 bits per heavy atom. The fourth-order valence-electron chi connectivity index (χ4n) is 5.56. The van der Waals surface area contributed by atoms with E-state index >= 15 is 4.39 Å². The van der Waals surface area contributed by atoms with E-state index < -0.39 is 17.6 Å². The summed E-state index contributed by atoms with van der Waals surface area (Å²) in [5, 5.41) is 3.34. The fraction of sp³-hybridized carbons (Fsp3) is 0.323. The number of allylic oxidation sites excluding steroid dienone is 1. The molecule has 0 saturated carbocycles. The van der Waals surface area contributed by atoms with Crippen LogP contribution in [0.1, 0.15) is 46.6 Å². The molecule has 1 aromatic carbocycles. The van der Waals surface area contributed by atoms with Crippen molar-refractivity contribution in [3.8, 4) is 0 Å². The smallest absolute Gasteiger partial charge is 0.385 e. The Balaban J connectivity index is 1.45. The minimum Gasteiger partial charge on any atom is -0.385 e. The maximum Gasteiger partial charge on any atom is 0.429 e. The van der Waals surface area contributed by atoms with E-state index in [-0.39, 0.29) is 17.6 Å². The first-order valence-electron chi connectivity index (χ1n) is 13.4. The molecule has 10 heteroatoms. The number of hydrogen-bond donors (Lipinski definition) is 1. The summed E-state index contributed by atoms with van der Waals surface area (Å²) in [6.45, 7) is 5.22. The molecular formula is C31H32F2N6O2+2. The molecule has 1 atom stereocenters. The Morgan fingerprint density at radius 2 is 2.00 bits per heavy atom.